The summed E-state index contributed by atoms with van der Waals surface area (Å²) < 4.78 is 5.23. The second kappa shape index (κ2) is 9.00. The van der Waals surface area contributed by atoms with Gasteiger partial charge in [0.2, 0.25) is 5.91 Å². The van der Waals surface area contributed by atoms with Crippen LogP contribution >= 0.6 is 0 Å². The van der Waals surface area contributed by atoms with Crippen molar-refractivity contribution in [3.8, 4) is 5.75 Å². The molecule has 1 aliphatic rings. The van der Waals surface area contributed by atoms with Gasteiger partial charge < -0.3 is 15.2 Å². The third-order valence-corrected chi connectivity index (χ3v) is 5.39. The van der Waals surface area contributed by atoms with Crippen molar-refractivity contribution in [3.63, 3.8) is 0 Å². The highest BCUT2D eigenvalue weighted by molar-refractivity contribution is 6.51. The van der Waals surface area contributed by atoms with Gasteiger partial charge in [0.1, 0.15) is 11.5 Å². The molecule has 1 saturated heterocycles. The molecule has 0 spiro atoms. The highest BCUT2D eigenvalue weighted by Gasteiger charge is 2.46. The zero-order chi connectivity index (χ0) is 23.5. The van der Waals surface area contributed by atoms with Crippen molar-refractivity contribution in [1.82, 2.24) is 0 Å². The second-order valence-corrected chi connectivity index (χ2v) is 7.54. The van der Waals surface area contributed by atoms with Crippen LogP contribution in [0.25, 0.3) is 5.76 Å². The van der Waals surface area contributed by atoms with E-state index in [4.69, 9.17) is 4.74 Å². The third kappa shape index (κ3) is 4.21. The summed E-state index contributed by atoms with van der Waals surface area (Å²) in [6, 6.07) is 21.4. The number of methoxy groups -OCH3 is 1. The first-order chi connectivity index (χ1) is 15.9. The van der Waals surface area contributed by atoms with E-state index in [0.29, 0.717) is 28.3 Å². The number of hydrogen-bond donors (Lipinski definition) is 2. The van der Waals surface area contributed by atoms with Gasteiger partial charge in [-0.3, -0.25) is 19.3 Å². The number of rotatable bonds is 5. The van der Waals surface area contributed by atoms with Gasteiger partial charge in [0.25, 0.3) is 11.7 Å². The Labute approximate surface area is 190 Å². The van der Waals surface area contributed by atoms with Gasteiger partial charge in [-0.1, -0.05) is 42.5 Å². The summed E-state index contributed by atoms with van der Waals surface area (Å²) in [5, 5.41) is 13.7. The maximum absolute atomic E-state index is 13.2. The van der Waals surface area contributed by atoms with Crippen LogP contribution in [0.2, 0.25) is 0 Å². The number of aliphatic hydroxyl groups is 1. The molecule has 7 nitrogen and oxygen atoms in total. The fraction of sp³-hybridized carbons (Fsp3) is 0.115. The van der Waals surface area contributed by atoms with Gasteiger partial charge in [0, 0.05) is 23.9 Å². The largest absolute Gasteiger partial charge is 0.507 e. The number of carbonyl (C=O) groups excluding carboxylic acids is 3. The minimum Gasteiger partial charge on any atom is -0.507 e. The summed E-state index contributed by atoms with van der Waals surface area (Å²) in [5.41, 5.74) is 2.10. The number of aliphatic hydroxyl groups excluding tert-OH is 1. The molecule has 33 heavy (non-hydrogen) atoms. The lowest BCUT2D eigenvalue weighted by molar-refractivity contribution is -0.132. The molecule has 1 fully saturated rings. The number of ether oxygens (including phenoxy) is 1. The number of nitrogens with zero attached hydrogens (tertiary/aromatic N) is 1. The van der Waals surface area contributed by atoms with E-state index in [-0.39, 0.29) is 17.2 Å². The van der Waals surface area contributed by atoms with Crippen LogP contribution in [0.1, 0.15) is 24.1 Å². The van der Waals surface area contributed by atoms with Crippen molar-refractivity contribution in [2.24, 2.45) is 0 Å². The van der Waals surface area contributed by atoms with E-state index >= 15 is 0 Å². The first-order valence-corrected chi connectivity index (χ1v) is 10.3. The fourth-order valence-electron chi connectivity index (χ4n) is 3.86. The van der Waals surface area contributed by atoms with Crippen molar-refractivity contribution >= 4 is 34.7 Å². The SMILES string of the molecule is COc1ccc([C@@H]2C(=C(O)c3ccccc3)C(=O)C(=O)N2c2ccc(NC(C)=O)cc2)cc1. The first kappa shape index (κ1) is 21.8. The standard InChI is InChI=1S/C26H22N2O5/c1-16(29)27-19-10-12-20(13-11-19)28-23(17-8-14-21(33-2)15-9-17)22(25(31)26(28)32)24(30)18-6-4-3-5-7-18/h3-15,23,30H,1-2H3,(H,27,29)/t23-/m1/s1. The Morgan fingerprint density at radius 3 is 2.15 bits per heavy atom. The zero-order valence-electron chi connectivity index (χ0n) is 18.1. The van der Waals surface area contributed by atoms with E-state index in [1.54, 1.807) is 86.0 Å². The maximum atomic E-state index is 13.2. The van der Waals surface area contributed by atoms with Gasteiger partial charge in [-0.2, -0.15) is 0 Å². The number of carbonyl (C=O) groups is 3. The summed E-state index contributed by atoms with van der Waals surface area (Å²) in [6.45, 7) is 1.40. The number of anilines is 2. The molecule has 3 aromatic rings. The minimum absolute atomic E-state index is 0.00213. The molecule has 0 bridgehead atoms. The minimum atomic E-state index is -0.845. The van der Waals surface area contributed by atoms with Gasteiger partial charge in [-0.25, -0.2) is 0 Å². The lowest BCUT2D eigenvalue weighted by Crippen LogP contribution is -2.29. The van der Waals surface area contributed by atoms with E-state index in [1.165, 1.54) is 11.8 Å². The molecule has 1 heterocycles. The highest BCUT2D eigenvalue weighted by atomic mass is 16.5. The van der Waals surface area contributed by atoms with Gasteiger partial charge in [0.05, 0.1) is 18.7 Å². The number of Topliss-reactive ketones (excluding diaryl/α,β-unsaturated/α-hetero) is 1. The average Bonchev–Trinajstić information content (AvgIpc) is 3.10. The van der Waals surface area contributed by atoms with Crippen molar-refractivity contribution in [2.45, 2.75) is 13.0 Å². The summed E-state index contributed by atoms with van der Waals surface area (Å²) in [4.78, 5) is 39.0. The maximum Gasteiger partial charge on any atom is 0.300 e. The van der Waals surface area contributed by atoms with Crippen LogP contribution in [0.4, 0.5) is 11.4 Å². The molecule has 0 aliphatic carbocycles. The molecule has 0 unspecified atom stereocenters. The van der Waals surface area contributed by atoms with Crippen LogP contribution in [0.3, 0.4) is 0 Å². The molecule has 166 valence electrons. The van der Waals surface area contributed by atoms with E-state index < -0.39 is 17.7 Å². The Morgan fingerprint density at radius 1 is 0.939 bits per heavy atom. The van der Waals surface area contributed by atoms with E-state index in [2.05, 4.69) is 5.32 Å². The van der Waals surface area contributed by atoms with Gasteiger partial charge in [-0.15, -0.1) is 0 Å². The predicted molar refractivity (Wildman–Crippen MR) is 125 cm³/mol. The van der Waals surface area contributed by atoms with E-state index in [9.17, 15) is 19.5 Å². The molecule has 2 amide bonds. The number of benzene rings is 3. The van der Waals surface area contributed by atoms with Crippen LogP contribution in [0, 0.1) is 0 Å². The Bertz CT molecular complexity index is 1230. The Hall–Kier alpha value is -4.39. The monoisotopic (exact) mass is 442 g/mol. The first-order valence-electron chi connectivity index (χ1n) is 10.3. The van der Waals surface area contributed by atoms with Gasteiger partial charge in [0.15, 0.2) is 0 Å². The van der Waals surface area contributed by atoms with Crippen LogP contribution in [-0.4, -0.2) is 29.8 Å². The summed E-state index contributed by atoms with van der Waals surface area (Å²) >= 11 is 0. The van der Waals surface area contributed by atoms with Crippen molar-refractivity contribution in [1.29, 1.82) is 0 Å². The fourth-order valence-corrected chi connectivity index (χ4v) is 3.86. The molecule has 4 rings (SSSR count). The quantitative estimate of drug-likeness (QED) is 0.349. The van der Waals surface area contributed by atoms with E-state index in [0.717, 1.165) is 0 Å². The predicted octanol–water partition coefficient (Wildman–Crippen LogP) is 4.28. The molecular formula is C26H22N2O5. The smallest absolute Gasteiger partial charge is 0.300 e. The van der Waals surface area contributed by atoms with Crippen molar-refractivity contribution < 1.29 is 24.2 Å². The number of nitrogens with one attached hydrogen (secondary N) is 1. The Morgan fingerprint density at radius 2 is 1.58 bits per heavy atom. The normalized spacial score (nSPS) is 17.2. The molecule has 3 aromatic carbocycles. The molecule has 0 radical (unpaired) electrons. The molecule has 0 aromatic heterocycles. The van der Waals surface area contributed by atoms with Gasteiger partial charge in [-0.05, 0) is 42.0 Å². The van der Waals surface area contributed by atoms with E-state index in [1.807, 2.05) is 0 Å². The number of hydrogen-bond acceptors (Lipinski definition) is 5. The molecular weight excluding hydrogens is 420 g/mol. The zero-order valence-corrected chi connectivity index (χ0v) is 18.1. The van der Waals surface area contributed by atoms with Crippen LogP contribution in [-0.2, 0) is 14.4 Å². The van der Waals surface area contributed by atoms with Crippen LogP contribution < -0.4 is 15.0 Å². The summed E-state index contributed by atoms with van der Waals surface area (Å²) in [7, 11) is 1.55. The summed E-state index contributed by atoms with van der Waals surface area (Å²) in [6.07, 6.45) is 0. The van der Waals surface area contributed by atoms with Crippen molar-refractivity contribution in [2.75, 3.05) is 17.3 Å². The van der Waals surface area contributed by atoms with Gasteiger partial charge >= 0.3 is 0 Å². The third-order valence-electron chi connectivity index (χ3n) is 5.39. The lowest BCUT2D eigenvalue weighted by atomic mass is 9.95. The molecule has 1 aliphatic heterocycles. The highest BCUT2D eigenvalue weighted by Crippen LogP contribution is 2.42. The molecule has 1 atom stereocenters. The Balaban J connectivity index is 1.86. The Kier molecular flexibility index (Phi) is 5.95. The average molecular weight is 442 g/mol. The molecule has 0 saturated carbocycles. The van der Waals surface area contributed by atoms with Crippen LogP contribution in [0.15, 0.2) is 84.4 Å². The topological polar surface area (TPSA) is 95.9 Å². The molecule has 2 N–H and O–H groups in total. The molecule has 7 heteroatoms. The van der Waals surface area contributed by atoms with Crippen molar-refractivity contribution in [3.05, 3.63) is 95.6 Å². The second-order valence-electron chi connectivity index (χ2n) is 7.54. The summed E-state index contributed by atoms with van der Waals surface area (Å²) in [5.74, 6) is -1.36. The lowest BCUT2D eigenvalue weighted by Gasteiger charge is -2.25. The number of amides is 2. The number of ketones is 1. The van der Waals surface area contributed by atoms with Crippen LogP contribution in [0.5, 0.6) is 5.75 Å².